The van der Waals surface area contributed by atoms with Crippen LogP contribution in [0.3, 0.4) is 0 Å². The van der Waals surface area contributed by atoms with Crippen molar-refractivity contribution in [3.63, 3.8) is 0 Å². The fourth-order valence-corrected chi connectivity index (χ4v) is 2.84. The second-order valence-corrected chi connectivity index (χ2v) is 5.29. The van der Waals surface area contributed by atoms with Crippen LogP contribution in [0.2, 0.25) is 0 Å². The van der Waals surface area contributed by atoms with Crippen molar-refractivity contribution in [1.29, 1.82) is 0 Å². The smallest absolute Gasteiger partial charge is 0.168 e. The van der Waals surface area contributed by atoms with Crippen molar-refractivity contribution in [2.45, 2.75) is 31.5 Å². The summed E-state index contributed by atoms with van der Waals surface area (Å²) in [4.78, 5) is 0. The Labute approximate surface area is 112 Å². The van der Waals surface area contributed by atoms with Gasteiger partial charge in [-0.25, -0.2) is 4.39 Å². The van der Waals surface area contributed by atoms with Crippen LogP contribution in [0, 0.1) is 11.7 Å². The predicted molar refractivity (Wildman–Crippen MR) is 68.5 cm³/mol. The monoisotopic (exact) mass is 266 g/mol. The first-order valence-corrected chi connectivity index (χ1v) is 6.93. The second-order valence-electron chi connectivity index (χ2n) is 5.29. The van der Waals surface area contributed by atoms with Gasteiger partial charge in [-0.15, -0.1) is 0 Å². The number of hydrogen-bond donors (Lipinski definition) is 0. The zero-order valence-electron chi connectivity index (χ0n) is 10.9. The zero-order valence-corrected chi connectivity index (χ0v) is 10.9. The van der Waals surface area contributed by atoms with E-state index >= 15 is 0 Å². The lowest BCUT2D eigenvalue weighted by molar-refractivity contribution is -0.183. The number of halogens is 1. The molecule has 3 nitrogen and oxygen atoms in total. The van der Waals surface area contributed by atoms with Gasteiger partial charge in [0.05, 0.1) is 19.8 Å². The number of hydrogen-bond acceptors (Lipinski definition) is 3. The van der Waals surface area contributed by atoms with Gasteiger partial charge in [0, 0.05) is 12.8 Å². The number of benzene rings is 1. The summed E-state index contributed by atoms with van der Waals surface area (Å²) in [5.41, 5.74) is 0. The molecular weight excluding hydrogens is 247 g/mol. The molecule has 19 heavy (non-hydrogen) atoms. The number of rotatable bonds is 3. The Morgan fingerprint density at radius 2 is 1.84 bits per heavy atom. The van der Waals surface area contributed by atoms with Gasteiger partial charge >= 0.3 is 0 Å². The molecule has 3 rings (SSSR count). The van der Waals surface area contributed by atoms with Crippen molar-refractivity contribution in [3.8, 4) is 5.75 Å². The first-order valence-electron chi connectivity index (χ1n) is 6.93. The topological polar surface area (TPSA) is 27.7 Å². The van der Waals surface area contributed by atoms with E-state index in [4.69, 9.17) is 14.2 Å². The maximum atomic E-state index is 13.4. The number of ether oxygens (including phenoxy) is 3. The first-order chi connectivity index (χ1) is 9.27. The summed E-state index contributed by atoms with van der Waals surface area (Å²) in [6, 6.07) is 6.55. The maximum Gasteiger partial charge on any atom is 0.168 e. The van der Waals surface area contributed by atoms with Gasteiger partial charge in [-0.05, 0) is 30.9 Å². The van der Waals surface area contributed by atoms with E-state index in [1.54, 1.807) is 18.2 Å². The van der Waals surface area contributed by atoms with Gasteiger partial charge in [-0.3, -0.25) is 0 Å². The molecule has 4 heteroatoms. The Kier molecular flexibility index (Phi) is 3.71. The molecule has 2 fully saturated rings. The maximum absolute atomic E-state index is 13.4. The minimum Gasteiger partial charge on any atom is -0.490 e. The van der Waals surface area contributed by atoms with Gasteiger partial charge in [0.15, 0.2) is 17.4 Å². The van der Waals surface area contributed by atoms with E-state index in [0.717, 1.165) is 25.7 Å². The quantitative estimate of drug-likeness (QED) is 0.841. The molecule has 1 aliphatic heterocycles. The molecule has 1 aromatic carbocycles. The molecule has 0 amide bonds. The second kappa shape index (κ2) is 5.47. The molecule has 1 saturated carbocycles. The Morgan fingerprint density at radius 3 is 2.53 bits per heavy atom. The van der Waals surface area contributed by atoms with Crippen LogP contribution in [0.4, 0.5) is 4.39 Å². The summed E-state index contributed by atoms with van der Waals surface area (Å²) in [6.07, 6.45) is 3.85. The minimum atomic E-state index is -0.325. The molecule has 0 radical (unpaired) electrons. The van der Waals surface area contributed by atoms with Crippen LogP contribution in [0.25, 0.3) is 0 Å². The third kappa shape index (κ3) is 2.90. The van der Waals surface area contributed by atoms with E-state index in [1.807, 2.05) is 0 Å². The molecule has 1 heterocycles. The normalized spacial score (nSPS) is 22.8. The highest BCUT2D eigenvalue weighted by Crippen LogP contribution is 2.38. The number of para-hydroxylation sites is 1. The van der Waals surface area contributed by atoms with Crippen molar-refractivity contribution in [2.75, 3.05) is 19.8 Å². The molecular formula is C15H19FO3. The highest BCUT2D eigenvalue weighted by molar-refractivity contribution is 5.23. The van der Waals surface area contributed by atoms with Gasteiger partial charge in [-0.1, -0.05) is 12.1 Å². The SMILES string of the molecule is Fc1ccccc1OCC1CCC2(CC1)OCCO2. The van der Waals surface area contributed by atoms with E-state index in [-0.39, 0.29) is 11.6 Å². The van der Waals surface area contributed by atoms with Crippen LogP contribution < -0.4 is 4.74 Å². The van der Waals surface area contributed by atoms with Gasteiger partial charge in [0.2, 0.25) is 0 Å². The molecule has 104 valence electrons. The Hall–Kier alpha value is -1.13. The summed E-state index contributed by atoms with van der Waals surface area (Å²) in [5, 5.41) is 0. The summed E-state index contributed by atoms with van der Waals surface area (Å²) in [6.45, 7) is 1.98. The third-order valence-corrected chi connectivity index (χ3v) is 3.99. The Morgan fingerprint density at radius 1 is 1.16 bits per heavy atom. The van der Waals surface area contributed by atoms with Crippen LogP contribution >= 0.6 is 0 Å². The summed E-state index contributed by atoms with van der Waals surface area (Å²) in [5.74, 6) is 0.181. The standard InChI is InChI=1S/C15H19FO3/c16-13-3-1-2-4-14(13)17-11-12-5-7-15(8-6-12)18-9-10-19-15/h1-4,12H,5-11H2. The predicted octanol–water partition coefficient (Wildman–Crippen LogP) is 3.14. The van der Waals surface area contributed by atoms with Crippen LogP contribution in [-0.2, 0) is 9.47 Å². The van der Waals surface area contributed by atoms with Gasteiger partial charge in [-0.2, -0.15) is 0 Å². The van der Waals surface area contributed by atoms with E-state index in [2.05, 4.69) is 0 Å². The summed E-state index contributed by atoms with van der Waals surface area (Å²) >= 11 is 0. The van der Waals surface area contributed by atoms with E-state index in [1.165, 1.54) is 6.07 Å². The van der Waals surface area contributed by atoms with E-state index < -0.39 is 0 Å². The first kappa shape index (κ1) is 12.9. The summed E-state index contributed by atoms with van der Waals surface area (Å²) < 4.78 is 30.4. The van der Waals surface area contributed by atoms with Gasteiger partial charge in [0.1, 0.15) is 0 Å². The Bertz CT molecular complexity index is 419. The fraction of sp³-hybridized carbons (Fsp3) is 0.600. The molecule has 0 bridgehead atoms. The van der Waals surface area contributed by atoms with Crippen molar-refractivity contribution in [3.05, 3.63) is 30.1 Å². The lowest BCUT2D eigenvalue weighted by Gasteiger charge is -2.35. The molecule has 1 spiro atoms. The van der Waals surface area contributed by atoms with Crippen LogP contribution in [0.1, 0.15) is 25.7 Å². The van der Waals surface area contributed by atoms with E-state index in [0.29, 0.717) is 31.5 Å². The largest absolute Gasteiger partial charge is 0.490 e. The van der Waals surface area contributed by atoms with Crippen molar-refractivity contribution in [1.82, 2.24) is 0 Å². The Balaban J connectivity index is 1.49. The molecule has 0 aromatic heterocycles. The molecule has 0 unspecified atom stereocenters. The molecule has 1 aromatic rings. The highest BCUT2D eigenvalue weighted by atomic mass is 19.1. The van der Waals surface area contributed by atoms with Crippen LogP contribution in [-0.4, -0.2) is 25.6 Å². The van der Waals surface area contributed by atoms with Crippen molar-refractivity contribution < 1.29 is 18.6 Å². The van der Waals surface area contributed by atoms with Crippen molar-refractivity contribution >= 4 is 0 Å². The highest BCUT2D eigenvalue weighted by Gasteiger charge is 2.40. The zero-order chi connectivity index (χ0) is 13.1. The summed E-state index contributed by atoms with van der Waals surface area (Å²) in [7, 11) is 0. The van der Waals surface area contributed by atoms with Gasteiger partial charge < -0.3 is 14.2 Å². The molecule has 1 aliphatic carbocycles. The minimum absolute atomic E-state index is 0.294. The molecule has 0 atom stereocenters. The van der Waals surface area contributed by atoms with Gasteiger partial charge in [0.25, 0.3) is 0 Å². The molecule has 1 saturated heterocycles. The third-order valence-electron chi connectivity index (χ3n) is 3.99. The fourth-order valence-electron chi connectivity index (χ4n) is 2.84. The lowest BCUT2D eigenvalue weighted by atomic mass is 9.85. The molecule has 0 N–H and O–H groups in total. The lowest BCUT2D eigenvalue weighted by Crippen LogP contribution is -2.36. The average Bonchev–Trinajstić information content (AvgIpc) is 2.88. The molecule has 2 aliphatic rings. The van der Waals surface area contributed by atoms with Crippen LogP contribution in [0.15, 0.2) is 24.3 Å². The van der Waals surface area contributed by atoms with Crippen LogP contribution in [0.5, 0.6) is 5.75 Å². The average molecular weight is 266 g/mol. The van der Waals surface area contributed by atoms with E-state index in [9.17, 15) is 4.39 Å². The van der Waals surface area contributed by atoms with Crippen molar-refractivity contribution in [2.24, 2.45) is 5.92 Å².